The summed E-state index contributed by atoms with van der Waals surface area (Å²) >= 11 is 3.27. The molecule has 0 saturated carbocycles. The zero-order valence-corrected chi connectivity index (χ0v) is 12.4. The first-order valence-electron chi connectivity index (χ1n) is 5.63. The van der Waals surface area contributed by atoms with Gasteiger partial charge in [0.25, 0.3) is 10.0 Å². The Bertz CT molecular complexity index is 859. The number of benzene rings is 2. The summed E-state index contributed by atoms with van der Waals surface area (Å²) in [6, 6.07) is 11.4. The summed E-state index contributed by atoms with van der Waals surface area (Å²) in [5.41, 5.74) is 1.71. The maximum absolute atomic E-state index is 12.2. The van der Waals surface area contributed by atoms with Gasteiger partial charge in [0.2, 0.25) is 0 Å². The lowest BCUT2D eigenvalue weighted by Gasteiger charge is -2.07. The van der Waals surface area contributed by atoms with Gasteiger partial charge in [0.05, 0.1) is 10.6 Å². The number of nitrogens with zero attached hydrogens (tertiary/aromatic N) is 2. The second-order valence-electron chi connectivity index (χ2n) is 4.09. The van der Waals surface area contributed by atoms with Crippen LogP contribution in [-0.4, -0.2) is 23.8 Å². The number of rotatable bonds is 3. The molecule has 3 aromatic rings. The van der Waals surface area contributed by atoms with Crippen LogP contribution < -0.4 is 4.72 Å². The van der Waals surface area contributed by atoms with Crippen molar-refractivity contribution in [2.24, 2.45) is 0 Å². The maximum Gasteiger partial charge on any atom is 0.261 e. The molecular weight excluding hydrogens is 344 g/mol. The fourth-order valence-corrected chi connectivity index (χ4v) is 3.05. The number of halogens is 1. The second-order valence-corrected chi connectivity index (χ2v) is 6.68. The van der Waals surface area contributed by atoms with Crippen molar-refractivity contribution in [1.82, 2.24) is 15.4 Å². The summed E-state index contributed by atoms with van der Waals surface area (Å²) in [5.74, 6) is 0. The molecule has 20 heavy (non-hydrogen) atoms. The highest BCUT2D eigenvalue weighted by atomic mass is 79.9. The van der Waals surface area contributed by atoms with E-state index in [0.29, 0.717) is 16.7 Å². The SMILES string of the molecule is O=S(=O)(Nc1ccc2n[nH]nc2c1)c1ccc(Br)cc1. The van der Waals surface area contributed by atoms with E-state index in [2.05, 4.69) is 36.1 Å². The van der Waals surface area contributed by atoms with Gasteiger partial charge in [-0.15, -0.1) is 0 Å². The van der Waals surface area contributed by atoms with Gasteiger partial charge in [-0.05, 0) is 42.5 Å². The molecule has 0 bridgehead atoms. The Hall–Kier alpha value is -1.93. The van der Waals surface area contributed by atoms with Crippen LogP contribution in [0.1, 0.15) is 0 Å². The Balaban J connectivity index is 1.94. The van der Waals surface area contributed by atoms with E-state index in [1.807, 2.05) is 0 Å². The summed E-state index contributed by atoms with van der Waals surface area (Å²) in [7, 11) is -3.61. The number of sulfonamides is 1. The highest BCUT2D eigenvalue weighted by Crippen LogP contribution is 2.20. The zero-order chi connectivity index (χ0) is 14.2. The lowest BCUT2D eigenvalue weighted by Crippen LogP contribution is -2.12. The lowest BCUT2D eigenvalue weighted by molar-refractivity contribution is 0.601. The topological polar surface area (TPSA) is 87.7 Å². The summed E-state index contributed by atoms with van der Waals surface area (Å²) in [4.78, 5) is 0.195. The number of H-pyrrole nitrogens is 1. The maximum atomic E-state index is 12.2. The molecule has 0 amide bonds. The van der Waals surface area contributed by atoms with Crippen LogP contribution in [0.15, 0.2) is 51.8 Å². The van der Waals surface area contributed by atoms with E-state index in [9.17, 15) is 8.42 Å². The van der Waals surface area contributed by atoms with Gasteiger partial charge in [0.1, 0.15) is 11.0 Å². The Labute approximate surface area is 123 Å². The van der Waals surface area contributed by atoms with Crippen LogP contribution in [0.5, 0.6) is 0 Å². The minimum Gasteiger partial charge on any atom is -0.280 e. The molecule has 0 saturated heterocycles. The lowest BCUT2D eigenvalue weighted by atomic mass is 10.3. The molecule has 8 heteroatoms. The minimum absolute atomic E-state index is 0.195. The van der Waals surface area contributed by atoms with E-state index in [0.717, 1.165) is 4.47 Å². The number of aromatic amines is 1. The van der Waals surface area contributed by atoms with Gasteiger partial charge < -0.3 is 0 Å². The fraction of sp³-hybridized carbons (Fsp3) is 0. The Morgan fingerprint density at radius 3 is 2.45 bits per heavy atom. The predicted molar refractivity (Wildman–Crippen MR) is 78.8 cm³/mol. The van der Waals surface area contributed by atoms with Gasteiger partial charge in [0, 0.05) is 4.47 Å². The average molecular weight is 353 g/mol. The average Bonchev–Trinajstić information content (AvgIpc) is 2.86. The highest BCUT2D eigenvalue weighted by Gasteiger charge is 2.14. The number of nitrogens with one attached hydrogen (secondary N) is 2. The smallest absolute Gasteiger partial charge is 0.261 e. The number of anilines is 1. The van der Waals surface area contributed by atoms with E-state index >= 15 is 0 Å². The number of aromatic nitrogens is 3. The highest BCUT2D eigenvalue weighted by molar-refractivity contribution is 9.10. The molecule has 0 spiro atoms. The summed E-state index contributed by atoms with van der Waals surface area (Å²) < 4.78 is 27.8. The van der Waals surface area contributed by atoms with Crippen LogP contribution in [0.3, 0.4) is 0 Å². The molecule has 102 valence electrons. The largest absolute Gasteiger partial charge is 0.280 e. The molecule has 0 aliphatic carbocycles. The van der Waals surface area contributed by atoms with Crippen molar-refractivity contribution in [3.8, 4) is 0 Å². The monoisotopic (exact) mass is 352 g/mol. The molecule has 0 unspecified atom stereocenters. The normalized spacial score (nSPS) is 11.7. The van der Waals surface area contributed by atoms with Gasteiger partial charge in [-0.3, -0.25) is 4.72 Å². The first-order valence-corrected chi connectivity index (χ1v) is 7.91. The van der Waals surface area contributed by atoms with Gasteiger partial charge in [-0.25, -0.2) is 8.42 Å². The molecule has 2 aromatic carbocycles. The van der Waals surface area contributed by atoms with Crippen LogP contribution in [-0.2, 0) is 10.0 Å². The Morgan fingerprint density at radius 2 is 1.70 bits per heavy atom. The predicted octanol–water partition coefficient (Wildman–Crippen LogP) is 2.52. The van der Waals surface area contributed by atoms with Crippen molar-refractivity contribution in [2.75, 3.05) is 4.72 Å². The molecule has 1 aromatic heterocycles. The molecule has 6 nitrogen and oxygen atoms in total. The summed E-state index contributed by atoms with van der Waals surface area (Å²) in [6.07, 6.45) is 0. The van der Waals surface area contributed by atoms with Crippen molar-refractivity contribution >= 4 is 42.7 Å². The van der Waals surface area contributed by atoms with Crippen molar-refractivity contribution < 1.29 is 8.42 Å². The first kappa shape index (κ1) is 13.1. The van der Waals surface area contributed by atoms with Crippen LogP contribution in [0.4, 0.5) is 5.69 Å². The van der Waals surface area contributed by atoms with E-state index in [1.54, 1.807) is 30.3 Å². The van der Waals surface area contributed by atoms with E-state index < -0.39 is 10.0 Å². The van der Waals surface area contributed by atoms with Crippen molar-refractivity contribution in [2.45, 2.75) is 4.90 Å². The Morgan fingerprint density at radius 1 is 1.00 bits per heavy atom. The quantitative estimate of drug-likeness (QED) is 0.757. The van der Waals surface area contributed by atoms with E-state index in [-0.39, 0.29) is 4.90 Å². The summed E-state index contributed by atoms with van der Waals surface area (Å²) in [5, 5.41) is 10.3. The molecule has 1 heterocycles. The molecule has 2 N–H and O–H groups in total. The van der Waals surface area contributed by atoms with Gasteiger partial charge >= 0.3 is 0 Å². The molecule has 0 atom stereocenters. The number of fused-ring (bicyclic) bond motifs is 1. The second kappa shape index (κ2) is 4.88. The van der Waals surface area contributed by atoms with Crippen LogP contribution in [0.2, 0.25) is 0 Å². The van der Waals surface area contributed by atoms with Crippen LogP contribution in [0, 0.1) is 0 Å². The molecule has 0 aliphatic heterocycles. The fourth-order valence-electron chi connectivity index (χ4n) is 1.73. The van der Waals surface area contributed by atoms with Gasteiger partial charge in [-0.2, -0.15) is 15.4 Å². The third kappa shape index (κ3) is 2.52. The first-order chi connectivity index (χ1) is 9.54. The Kier molecular flexibility index (Phi) is 3.19. The van der Waals surface area contributed by atoms with Crippen LogP contribution in [0.25, 0.3) is 11.0 Å². The van der Waals surface area contributed by atoms with Crippen LogP contribution >= 0.6 is 15.9 Å². The molecule has 0 aliphatic rings. The van der Waals surface area contributed by atoms with Gasteiger partial charge in [0.15, 0.2) is 0 Å². The molecular formula is C12H9BrN4O2S. The summed E-state index contributed by atoms with van der Waals surface area (Å²) in [6.45, 7) is 0. The molecule has 3 rings (SSSR count). The number of hydrogen-bond donors (Lipinski definition) is 2. The molecule has 0 radical (unpaired) electrons. The van der Waals surface area contributed by atoms with Crippen molar-refractivity contribution in [3.05, 3.63) is 46.9 Å². The minimum atomic E-state index is -3.61. The zero-order valence-electron chi connectivity index (χ0n) is 10.0. The number of hydrogen-bond acceptors (Lipinski definition) is 4. The van der Waals surface area contributed by atoms with Crippen molar-refractivity contribution in [3.63, 3.8) is 0 Å². The standard InChI is InChI=1S/C12H9BrN4O2S/c13-8-1-4-10(5-2-8)20(18,19)16-9-3-6-11-12(7-9)15-17-14-11/h1-7,16H,(H,14,15,17). The van der Waals surface area contributed by atoms with E-state index in [4.69, 9.17) is 0 Å². The van der Waals surface area contributed by atoms with Crippen molar-refractivity contribution in [1.29, 1.82) is 0 Å². The molecule has 0 fully saturated rings. The van der Waals surface area contributed by atoms with E-state index in [1.165, 1.54) is 12.1 Å². The van der Waals surface area contributed by atoms with Gasteiger partial charge in [-0.1, -0.05) is 15.9 Å². The third-order valence-corrected chi connectivity index (χ3v) is 4.62. The third-order valence-electron chi connectivity index (χ3n) is 2.69.